The maximum Gasteiger partial charge on any atom is 0.244 e. The first-order valence-electron chi connectivity index (χ1n) is 7.09. The molecule has 0 saturated carbocycles. The lowest BCUT2D eigenvalue weighted by Crippen LogP contribution is -2.34. The van der Waals surface area contributed by atoms with Crippen LogP contribution in [0.25, 0.3) is 0 Å². The van der Waals surface area contributed by atoms with Crippen LogP contribution in [-0.4, -0.2) is 35.4 Å². The fraction of sp³-hybridized carbons (Fsp3) is 0.714. The molecule has 0 spiro atoms. The van der Waals surface area contributed by atoms with Crippen LogP contribution in [0.5, 0.6) is 0 Å². The van der Waals surface area contributed by atoms with Gasteiger partial charge in [0.1, 0.15) is 6.04 Å². The van der Waals surface area contributed by atoms with Crippen molar-refractivity contribution in [2.45, 2.75) is 46.6 Å². The second-order valence-electron chi connectivity index (χ2n) is 4.69. The Hall–Kier alpha value is -1.07. The highest BCUT2D eigenvalue weighted by molar-refractivity contribution is 6.31. The summed E-state index contributed by atoms with van der Waals surface area (Å²) in [5.74, 6) is -0.0220. The first-order chi connectivity index (χ1) is 9.52. The van der Waals surface area contributed by atoms with Crippen LogP contribution in [0.3, 0.4) is 0 Å². The molecule has 1 unspecified atom stereocenters. The summed E-state index contributed by atoms with van der Waals surface area (Å²) in [5.41, 5.74) is 1.59. The van der Waals surface area contributed by atoms with E-state index < -0.39 is 0 Å². The van der Waals surface area contributed by atoms with Crippen LogP contribution in [0, 0.1) is 13.8 Å². The maximum atomic E-state index is 12.2. The molecule has 0 fully saturated rings. The van der Waals surface area contributed by atoms with Gasteiger partial charge in [0.15, 0.2) is 0 Å². The number of nitrogens with one attached hydrogen (secondary N) is 1. The van der Waals surface area contributed by atoms with E-state index in [0.29, 0.717) is 31.2 Å². The molecule has 0 aromatic carbocycles. The summed E-state index contributed by atoms with van der Waals surface area (Å²) in [4.78, 5) is 12.2. The molecule has 1 rings (SSSR count). The molecule has 1 heterocycles. The van der Waals surface area contributed by atoms with Crippen molar-refractivity contribution in [3.63, 3.8) is 0 Å². The SMILES string of the molecule is CCOCCCNC(=O)C(CC)n1nc(C)c(Cl)c1C. The molecule has 0 aliphatic heterocycles. The van der Waals surface area contributed by atoms with Gasteiger partial charge in [-0.25, -0.2) is 0 Å². The van der Waals surface area contributed by atoms with Crippen molar-refractivity contribution in [3.8, 4) is 0 Å². The normalized spacial score (nSPS) is 12.4. The minimum Gasteiger partial charge on any atom is -0.382 e. The van der Waals surface area contributed by atoms with Gasteiger partial charge in [0.2, 0.25) is 5.91 Å². The predicted molar refractivity (Wildman–Crippen MR) is 80.2 cm³/mol. The lowest BCUT2D eigenvalue weighted by atomic mass is 10.2. The van der Waals surface area contributed by atoms with Gasteiger partial charge in [-0.3, -0.25) is 9.48 Å². The average molecular weight is 302 g/mol. The number of hydrogen-bond donors (Lipinski definition) is 1. The van der Waals surface area contributed by atoms with Gasteiger partial charge in [0.25, 0.3) is 0 Å². The largest absolute Gasteiger partial charge is 0.382 e. The first kappa shape index (κ1) is 17.0. The number of ether oxygens (including phenoxy) is 1. The number of amides is 1. The van der Waals surface area contributed by atoms with Crippen molar-refractivity contribution in [2.75, 3.05) is 19.8 Å². The van der Waals surface area contributed by atoms with Gasteiger partial charge in [-0.1, -0.05) is 18.5 Å². The van der Waals surface area contributed by atoms with Gasteiger partial charge in [0.05, 0.1) is 16.4 Å². The quantitative estimate of drug-likeness (QED) is 0.751. The zero-order valence-electron chi connectivity index (χ0n) is 12.7. The van der Waals surface area contributed by atoms with Gasteiger partial charge in [-0.05, 0) is 33.6 Å². The molecule has 1 aromatic heterocycles. The molecular formula is C14H24ClN3O2. The number of aromatic nitrogens is 2. The zero-order chi connectivity index (χ0) is 15.1. The van der Waals surface area contributed by atoms with Gasteiger partial charge < -0.3 is 10.1 Å². The molecule has 0 aliphatic rings. The van der Waals surface area contributed by atoms with Crippen LogP contribution in [0.15, 0.2) is 0 Å². The fourth-order valence-electron chi connectivity index (χ4n) is 2.06. The molecule has 1 aromatic rings. The third-order valence-corrected chi connectivity index (χ3v) is 3.74. The molecule has 0 aliphatic carbocycles. The van der Waals surface area contributed by atoms with Gasteiger partial charge in [-0.15, -0.1) is 0 Å². The molecule has 114 valence electrons. The van der Waals surface area contributed by atoms with Crippen molar-refractivity contribution < 1.29 is 9.53 Å². The Morgan fingerprint density at radius 1 is 1.45 bits per heavy atom. The van der Waals surface area contributed by atoms with E-state index in [1.807, 2.05) is 27.7 Å². The second kappa shape index (κ2) is 8.27. The number of nitrogens with zero attached hydrogens (tertiary/aromatic N) is 2. The lowest BCUT2D eigenvalue weighted by molar-refractivity contribution is -0.124. The molecule has 0 saturated heterocycles. The summed E-state index contributed by atoms with van der Waals surface area (Å²) in [7, 11) is 0. The van der Waals surface area contributed by atoms with Crippen molar-refractivity contribution in [3.05, 3.63) is 16.4 Å². The van der Waals surface area contributed by atoms with E-state index in [9.17, 15) is 4.79 Å². The standard InChI is InChI=1S/C14H24ClN3O2/c1-5-12(14(19)16-8-7-9-20-6-2)18-11(4)13(15)10(3)17-18/h12H,5-9H2,1-4H3,(H,16,19). The molecule has 20 heavy (non-hydrogen) atoms. The number of carbonyl (C=O) groups is 1. The average Bonchev–Trinajstić information content (AvgIpc) is 2.67. The van der Waals surface area contributed by atoms with Crippen LogP contribution in [0.4, 0.5) is 0 Å². The molecule has 1 N–H and O–H groups in total. The number of halogens is 1. The molecule has 6 heteroatoms. The third kappa shape index (κ3) is 4.21. The third-order valence-electron chi connectivity index (χ3n) is 3.19. The summed E-state index contributed by atoms with van der Waals surface area (Å²) < 4.78 is 6.96. The molecule has 5 nitrogen and oxygen atoms in total. The van der Waals surface area contributed by atoms with Crippen molar-refractivity contribution >= 4 is 17.5 Å². The number of aryl methyl sites for hydroxylation is 1. The van der Waals surface area contributed by atoms with Crippen molar-refractivity contribution in [1.29, 1.82) is 0 Å². The Balaban J connectivity index is 2.61. The van der Waals surface area contributed by atoms with E-state index in [1.165, 1.54) is 0 Å². The van der Waals surface area contributed by atoms with Gasteiger partial charge in [-0.2, -0.15) is 5.10 Å². The van der Waals surface area contributed by atoms with E-state index in [-0.39, 0.29) is 11.9 Å². The van der Waals surface area contributed by atoms with Crippen LogP contribution >= 0.6 is 11.6 Å². The minimum atomic E-state index is -0.312. The predicted octanol–water partition coefficient (Wildman–Crippen LogP) is 2.65. The van der Waals surface area contributed by atoms with Gasteiger partial charge in [0, 0.05) is 19.8 Å². The molecule has 0 radical (unpaired) electrons. The highest BCUT2D eigenvalue weighted by Crippen LogP contribution is 2.23. The summed E-state index contributed by atoms with van der Waals surface area (Å²) >= 11 is 6.13. The maximum absolute atomic E-state index is 12.2. The Labute approximate surface area is 125 Å². The van der Waals surface area contributed by atoms with E-state index in [4.69, 9.17) is 16.3 Å². The highest BCUT2D eigenvalue weighted by atomic mass is 35.5. The Morgan fingerprint density at radius 2 is 2.15 bits per heavy atom. The number of rotatable bonds is 8. The summed E-state index contributed by atoms with van der Waals surface area (Å²) in [6.45, 7) is 9.64. The summed E-state index contributed by atoms with van der Waals surface area (Å²) in [5, 5.41) is 7.92. The van der Waals surface area contributed by atoms with Crippen LogP contribution in [0.1, 0.15) is 44.1 Å². The topological polar surface area (TPSA) is 56.1 Å². The van der Waals surface area contributed by atoms with Crippen LogP contribution in [0.2, 0.25) is 5.02 Å². The van der Waals surface area contributed by atoms with E-state index in [2.05, 4.69) is 10.4 Å². The van der Waals surface area contributed by atoms with Crippen molar-refractivity contribution in [1.82, 2.24) is 15.1 Å². The van der Waals surface area contributed by atoms with E-state index >= 15 is 0 Å². The van der Waals surface area contributed by atoms with Crippen LogP contribution in [-0.2, 0) is 9.53 Å². The Morgan fingerprint density at radius 3 is 2.65 bits per heavy atom. The Bertz CT molecular complexity index is 446. The van der Waals surface area contributed by atoms with E-state index in [1.54, 1.807) is 4.68 Å². The summed E-state index contributed by atoms with van der Waals surface area (Å²) in [6.07, 6.45) is 1.49. The highest BCUT2D eigenvalue weighted by Gasteiger charge is 2.22. The molecular weight excluding hydrogens is 278 g/mol. The molecule has 0 bridgehead atoms. The van der Waals surface area contributed by atoms with Crippen LogP contribution < -0.4 is 5.32 Å². The fourth-order valence-corrected chi connectivity index (χ4v) is 2.19. The molecule has 1 atom stereocenters. The lowest BCUT2D eigenvalue weighted by Gasteiger charge is -2.17. The number of hydrogen-bond acceptors (Lipinski definition) is 3. The smallest absolute Gasteiger partial charge is 0.244 e. The van der Waals surface area contributed by atoms with E-state index in [0.717, 1.165) is 17.8 Å². The van der Waals surface area contributed by atoms with Crippen molar-refractivity contribution in [2.24, 2.45) is 0 Å². The zero-order valence-corrected chi connectivity index (χ0v) is 13.5. The summed E-state index contributed by atoms with van der Waals surface area (Å²) in [6, 6.07) is -0.312. The second-order valence-corrected chi connectivity index (χ2v) is 5.07. The van der Waals surface area contributed by atoms with Gasteiger partial charge >= 0.3 is 0 Å². The monoisotopic (exact) mass is 301 g/mol. The molecule has 1 amide bonds. The Kier molecular flexibility index (Phi) is 7.02. The minimum absolute atomic E-state index is 0.0220. The first-order valence-corrected chi connectivity index (χ1v) is 7.47. The number of carbonyl (C=O) groups excluding carboxylic acids is 1.